The Morgan fingerprint density at radius 2 is 1.54 bits per heavy atom. The van der Waals surface area contributed by atoms with Gasteiger partial charge in [-0.3, -0.25) is 4.72 Å². The number of nitrogens with one attached hydrogen (secondary N) is 1. The summed E-state index contributed by atoms with van der Waals surface area (Å²) in [5, 5.41) is 0.488. The lowest BCUT2D eigenvalue weighted by atomic mass is 10.2. The number of rotatable bonds is 6. The summed E-state index contributed by atoms with van der Waals surface area (Å²) >= 11 is 0. The van der Waals surface area contributed by atoms with Gasteiger partial charge in [0.05, 0.1) is 31.7 Å². The van der Waals surface area contributed by atoms with Crippen LogP contribution >= 0.6 is 0 Å². The SMILES string of the molecule is COc1ccc(S(=O)(=O)Nc2ncnc3cc(OC)c(OC)cc23)cc1. The second-order valence-corrected chi connectivity index (χ2v) is 6.91. The Labute approximate surface area is 150 Å². The molecule has 0 saturated heterocycles. The van der Waals surface area contributed by atoms with Crippen LogP contribution in [0.4, 0.5) is 5.82 Å². The Bertz CT molecular complexity index is 1040. The minimum absolute atomic E-state index is 0.0885. The van der Waals surface area contributed by atoms with E-state index in [1.807, 2.05) is 0 Å². The molecule has 0 fully saturated rings. The number of hydrogen-bond donors (Lipinski definition) is 1. The van der Waals surface area contributed by atoms with E-state index in [2.05, 4.69) is 14.7 Å². The van der Waals surface area contributed by atoms with Gasteiger partial charge in [-0.1, -0.05) is 0 Å². The number of methoxy groups -OCH3 is 3. The van der Waals surface area contributed by atoms with E-state index in [1.165, 1.54) is 39.8 Å². The lowest BCUT2D eigenvalue weighted by Crippen LogP contribution is -2.14. The third-order valence-electron chi connectivity index (χ3n) is 3.74. The minimum Gasteiger partial charge on any atom is -0.497 e. The largest absolute Gasteiger partial charge is 0.497 e. The van der Waals surface area contributed by atoms with E-state index in [1.54, 1.807) is 24.3 Å². The van der Waals surface area contributed by atoms with Crippen LogP contribution in [0.1, 0.15) is 0 Å². The van der Waals surface area contributed by atoms with E-state index in [0.717, 1.165) is 0 Å². The number of aromatic nitrogens is 2. The van der Waals surface area contributed by atoms with Crippen LogP contribution in [0.3, 0.4) is 0 Å². The molecule has 8 nitrogen and oxygen atoms in total. The first-order chi connectivity index (χ1) is 12.5. The maximum absolute atomic E-state index is 12.7. The monoisotopic (exact) mass is 375 g/mol. The van der Waals surface area contributed by atoms with Gasteiger partial charge in [0.15, 0.2) is 17.3 Å². The fourth-order valence-corrected chi connectivity index (χ4v) is 3.43. The number of benzene rings is 2. The molecule has 136 valence electrons. The van der Waals surface area contributed by atoms with E-state index < -0.39 is 10.0 Å². The first-order valence-corrected chi connectivity index (χ1v) is 9.00. The first-order valence-electron chi connectivity index (χ1n) is 7.52. The number of hydrogen-bond acceptors (Lipinski definition) is 7. The molecule has 1 aromatic heterocycles. The van der Waals surface area contributed by atoms with Crippen molar-refractivity contribution in [3.8, 4) is 17.2 Å². The fraction of sp³-hybridized carbons (Fsp3) is 0.176. The van der Waals surface area contributed by atoms with Crippen LogP contribution in [-0.2, 0) is 10.0 Å². The molecule has 2 aromatic carbocycles. The summed E-state index contributed by atoms with van der Waals surface area (Å²) in [6.45, 7) is 0. The Morgan fingerprint density at radius 1 is 0.885 bits per heavy atom. The lowest BCUT2D eigenvalue weighted by Gasteiger charge is -2.12. The van der Waals surface area contributed by atoms with Crippen LogP contribution < -0.4 is 18.9 Å². The summed E-state index contributed by atoms with van der Waals surface area (Å²) in [6, 6.07) is 9.32. The van der Waals surface area contributed by atoms with Crippen molar-refractivity contribution < 1.29 is 22.6 Å². The van der Waals surface area contributed by atoms with Crippen molar-refractivity contribution in [2.75, 3.05) is 26.1 Å². The molecule has 1 heterocycles. The third kappa shape index (κ3) is 3.33. The predicted molar refractivity (Wildman–Crippen MR) is 96.4 cm³/mol. The average molecular weight is 375 g/mol. The molecular formula is C17H17N3O5S. The molecule has 3 aromatic rings. The van der Waals surface area contributed by atoms with E-state index in [-0.39, 0.29) is 10.7 Å². The van der Waals surface area contributed by atoms with Crippen LogP contribution in [0, 0.1) is 0 Å². The van der Waals surface area contributed by atoms with Gasteiger partial charge in [0, 0.05) is 11.5 Å². The van der Waals surface area contributed by atoms with Gasteiger partial charge in [-0.25, -0.2) is 18.4 Å². The van der Waals surface area contributed by atoms with Crippen LogP contribution in [0.5, 0.6) is 17.2 Å². The highest BCUT2D eigenvalue weighted by molar-refractivity contribution is 7.92. The molecule has 0 aliphatic rings. The number of fused-ring (bicyclic) bond motifs is 1. The molecule has 0 unspecified atom stereocenters. The molecule has 1 N–H and O–H groups in total. The summed E-state index contributed by atoms with van der Waals surface area (Å²) in [4.78, 5) is 8.30. The molecule has 0 radical (unpaired) electrons. The van der Waals surface area contributed by atoms with E-state index >= 15 is 0 Å². The van der Waals surface area contributed by atoms with Gasteiger partial charge in [-0.15, -0.1) is 0 Å². The first kappa shape index (κ1) is 17.7. The van der Waals surface area contributed by atoms with Crippen LogP contribution in [0.15, 0.2) is 47.6 Å². The molecule has 0 saturated carbocycles. The molecule has 0 aliphatic heterocycles. The van der Waals surface area contributed by atoms with Crippen molar-refractivity contribution in [3.63, 3.8) is 0 Å². The molecule has 0 amide bonds. The molecule has 3 rings (SSSR count). The second-order valence-electron chi connectivity index (χ2n) is 5.23. The van der Waals surface area contributed by atoms with E-state index in [4.69, 9.17) is 14.2 Å². The summed E-state index contributed by atoms with van der Waals surface area (Å²) in [5.74, 6) is 1.64. The third-order valence-corrected chi connectivity index (χ3v) is 5.10. The second kappa shape index (κ2) is 7.04. The zero-order valence-electron chi connectivity index (χ0n) is 14.4. The molecule has 0 bridgehead atoms. The standard InChI is InChI=1S/C17H17N3O5S/c1-23-11-4-6-12(7-5-11)26(21,22)20-17-13-8-15(24-2)16(25-3)9-14(13)18-10-19-17/h4-10H,1-3H3,(H,18,19,20). The van der Waals surface area contributed by atoms with Crippen molar-refractivity contribution in [2.24, 2.45) is 0 Å². The highest BCUT2D eigenvalue weighted by atomic mass is 32.2. The molecule has 26 heavy (non-hydrogen) atoms. The van der Waals surface area contributed by atoms with E-state index in [0.29, 0.717) is 28.2 Å². The summed E-state index contributed by atoms with van der Waals surface area (Å²) in [6.07, 6.45) is 1.28. The summed E-state index contributed by atoms with van der Waals surface area (Å²) in [7, 11) is 0.684. The van der Waals surface area contributed by atoms with Gasteiger partial charge in [-0.05, 0) is 30.3 Å². The zero-order valence-corrected chi connectivity index (χ0v) is 15.2. The van der Waals surface area contributed by atoms with Crippen molar-refractivity contribution in [3.05, 3.63) is 42.7 Å². The van der Waals surface area contributed by atoms with Gasteiger partial charge >= 0.3 is 0 Å². The quantitative estimate of drug-likeness (QED) is 0.706. The van der Waals surface area contributed by atoms with Crippen LogP contribution in [-0.4, -0.2) is 39.7 Å². The Balaban J connectivity index is 2.04. The minimum atomic E-state index is -3.83. The fourth-order valence-electron chi connectivity index (χ4n) is 2.41. The van der Waals surface area contributed by atoms with Crippen molar-refractivity contribution in [2.45, 2.75) is 4.90 Å². The molecule has 9 heteroatoms. The van der Waals surface area contributed by atoms with Gasteiger partial charge in [0.1, 0.15) is 12.1 Å². The van der Waals surface area contributed by atoms with Gasteiger partial charge in [-0.2, -0.15) is 0 Å². The van der Waals surface area contributed by atoms with Crippen molar-refractivity contribution in [1.29, 1.82) is 0 Å². The van der Waals surface area contributed by atoms with Crippen molar-refractivity contribution >= 4 is 26.7 Å². The van der Waals surface area contributed by atoms with Gasteiger partial charge < -0.3 is 14.2 Å². The average Bonchev–Trinajstić information content (AvgIpc) is 2.67. The number of anilines is 1. The number of nitrogens with zero attached hydrogens (tertiary/aromatic N) is 2. The smallest absolute Gasteiger partial charge is 0.263 e. The Kier molecular flexibility index (Phi) is 4.81. The maximum Gasteiger partial charge on any atom is 0.263 e. The molecule has 0 atom stereocenters. The van der Waals surface area contributed by atoms with Gasteiger partial charge in [0.25, 0.3) is 10.0 Å². The summed E-state index contributed by atoms with van der Waals surface area (Å²) in [5.41, 5.74) is 0.519. The Hall–Kier alpha value is -3.07. The van der Waals surface area contributed by atoms with Crippen LogP contribution in [0.25, 0.3) is 10.9 Å². The highest BCUT2D eigenvalue weighted by Gasteiger charge is 2.18. The Morgan fingerprint density at radius 3 is 2.15 bits per heavy atom. The predicted octanol–water partition coefficient (Wildman–Crippen LogP) is 2.46. The van der Waals surface area contributed by atoms with Gasteiger partial charge in [0.2, 0.25) is 0 Å². The normalized spacial score (nSPS) is 11.2. The maximum atomic E-state index is 12.7. The molecular weight excluding hydrogens is 358 g/mol. The topological polar surface area (TPSA) is 99.6 Å². The highest BCUT2D eigenvalue weighted by Crippen LogP contribution is 2.34. The van der Waals surface area contributed by atoms with Crippen LogP contribution in [0.2, 0.25) is 0 Å². The number of sulfonamides is 1. The molecule has 0 spiro atoms. The summed E-state index contributed by atoms with van der Waals surface area (Å²) < 4.78 is 43.3. The number of ether oxygens (including phenoxy) is 3. The zero-order chi connectivity index (χ0) is 18.7. The van der Waals surface area contributed by atoms with Crippen molar-refractivity contribution in [1.82, 2.24) is 9.97 Å². The lowest BCUT2D eigenvalue weighted by molar-refractivity contribution is 0.356. The van der Waals surface area contributed by atoms with E-state index in [9.17, 15) is 8.42 Å². The molecule has 0 aliphatic carbocycles.